The molecule has 1 amide bonds. The second-order valence-electron chi connectivity index (χ2n) is 3.68. The topological polar surface area (TPSA) is 155 Å². The Labute approximate surface area is 95.2 Å². The molecule has 9 nitrogen and oxygen atoms in total. The number of aromatic nitrogens is 3. The molecule has 1 aliphatic rings. The molecule has 0 bridgehead atoms. The monoisotopic (exact) mass is 244 g/mol. The Hall–Kier alpha value is -1.55. The average Bonchev–Trinajstić information content (AvgIpc) is 2.86. The minimum atomic E-state index is -1.31. The minimum Gasteiger partial charge on any atom is -0.394 e. The van der Waals surface area contributed by atoms with E-state index in [-0.39, 0.29) is 11.4 Å². The van der Waals surface area contributed by atoms with E-state index in [1.54, 1.807) is 0 Å². The zero-order valence-corrected chi connectivity index (χ0v) is 8.65. The van der Waals surface area contributed by atoms with Gasteiger partial charge in [-0.3, -0.25) is 4.79 Å². The standard InChI is InChI=1S/C8H12N4O5/c9-8(16)4-3(10-12-11-4)7-6(15)5(14)2(1-13)17-7/h2,5-7,13-15H,1H2,(H2,9,16)(H,10,11,12)/t2-,5-,6-,7?/m0/s1. The molecule has 0 aliphatic carbocycles. The molecule has 4 atom stereocenters. The van der Waals surface area contributed by atoms with Crippen molar-refractivity contribution in [2.24, 2.45) is 5.73 Å². The summed E-state index contributed by atoms with van der Waals surface area (Å²) < 4.78 is 5.19. The number of carbonyl (C=O) groups excluding carboxylic acids is 1. The van der Waals surface area contributed by atoms with Gasteiger partial charge in [0.15, 0.2) is 5.69 Å². The van der Waals surface area contributed by atoms with Crippen LogP contribution in [0.3, 0.4) is 0 Å². The van der Waals surface area contributed by atoms with Gasteiger partial charge in [-0.2, -0.15) is 15.4 Å². The maximum Gasteiger partial charge on any atom is 0.271 e. The summed E-state index contributed by atoms with van der Waals surface area (Å²) in [6.07, 6.45) is -4.56. The number of rotatable bonds is 3. The number of nitrogens with two attached hydrogens (primary N) is 1. The lowest BCUT2D eigenvalue weighted by Gasteiger charge is -2.12. The Morgan fingerprint density at radius 1 is 1.41 bits per heavy atom. The predicted octanol–water partition coefficient (Wildman–Crippen LogP) is -2.94. The summed E-state index contributed by atoms with van der Waals surface area (Å²) in [6, 6.07) is 0. The molecule has 1 unspecified atom stereocenters. The first-order valence-electron chi connectivity index (χ1n) is 4.89. The largest absolute Gasteiger partial charge is 0.394 e. The van der Waals surface area contributed by atoms with E-state index in [4.69, 9.17) is 15.6 Å². The molecule has 0 radical (unpaired) electrons. The lowest BCUT2D eigenvalue weighted by atomic mass is 10.0. The summed E-state index contributed by atoms with van der Waals surface area (Å²) in [6.45, 7) is -0.460. The van der Waals surface area contributed by atoms with E-state index in [1.165, 1.54) is 0 Å². The maximum absolute atomic E-state index is 11.0. The van der Waals surface area contributed by atoms with Crippen LogP contribution in [0.25, 0.3) is 0 Å². The van der Waals surface area contributed by atoms with E-state index in [0.29, 0.717) is 0 Å². The molecule has 1 aromatic rings. The third-order valence-corrected chi connectivity index (χ3v) is 2.62. The zero-order valence-electron chi connectivity index (χ0n) is 8.65. The molecule has 9 heteroatoms. The maximum atomic E-state index is 11.0. The highest BCUT2D eigenvalue weighted by Gasteiger charge is 2.45. The Kier molecular flexibility index (Phi) is 3.07. The molecule has 1 saturated heterocycles. The van der Waals surface area contributed by atoms with Crippen LogP contribution in [0, 0.1) is 0 Å². The molecule has 94 valence electrons. The van der Waals surface area contributed by atoms with Gasteiger partial charge in [-0.15, -0.1) is 0 Å². The van der Waals surface area contributed by atoms with Crippen molar-refractivity contribution in [3.05, 3.63) is 11.4 Å². The van der Waals surface area contributed by atoms with Crippen LogP contribution in [-0.2, 0) is 4.74 Å². The highest BCUT2D eigenvalue weighted by Crippen LogP contribution is 2.33. The zero-order chi connectivity index (χ0) is 12.6. The van der Waals surface area contributed by atoms with Gasteiger partial charge in [0.05, 0.1) is 6.61 Å². The minimum absolute atomic E-state index is 0.0139. The molecule has 1 fully saturated rings. The summed E-state index contributed by atoms with van der Waals surface area (Å²) >= 11 is 0. The molecule has 0 saturated carbocycles. The van der Waals surface area contributed by atoms with E-state index in [2.05, 4.69) is 15.4 Å². The van der Waals surface area contributed by atoms with Crippen LogP contribution in [0.5, 0.6) is 0 Å². The number of amides is 1. The normalized spacial score (nSPS) is 32.9. The van der Waals surface area contributed by atoms with Crippen molar-refractivity contribution >= 4 is 5.91 Å². The summed E-state index contributed by atoms with van der Waals surface area (Å²) in [7, 11) is 0. The lowest BCUT2D eigenvalue weighted by molar-refractivity contribution is -0.0241. The highest BCUT2D eigenvalue weighted by atomic mass is 16.6. The molecule has 1 aliphatic heterocycles. The summed E-state index contributed by atoms with van der Waals surface area (Å²) in [4.78, 5) is 11.0. The van der Waals surface area contributed by atoms with E-state index in [9.17, 15) is 15.0 Å². The van der Waals surface area contributed by atoms with Crippen molar-refractivity contribution in [2.75, 3.05) is 6.61 Å². The fraction of sp³-hybridized carbons (Fsp3) is 0.625. The predicted molar refractivity (Wildman–Crippen MR) is 51.6 cm³/mol. The van der Waals surface area contributed by atoms with Crippen LogP contribution in [-0.4, -0.2) is 61.6 Å². The molecule has 6 N–H and O–H groups in total. The number of H-pyrrole nitrogens is 1. The Morgan fingerprint density at radius 3 is 2.65 bits per heavy atom. The number of aliphatic hydroxyl groups excluding tert-OH is 3. The fourth-order valence-corrected chi connectivity index (χ4v) is 1.74. The first kappa shape index (κ1) is 11.9. The molecular weight excluding hydrogens is 232 g/mol. The number of ether oxygens (including phenoxy) is 1. The number of nitrogens with zero attached hydrogens (tertiary/aromatic N) is 2. The molecule has 0 aromatic carbocycles. The van der Waals surface area contributed by atoms with Crippen molar-refractivity contribution in [1.29, 1.82) is 0 Å². The van der Waals surface area contributed by atoms with E-state index >= 15 is 0 Å². The van der Waals surface area contributed by atoms with Crippen molar-refractivity contribution < 1.29 is 24.9 Å². The second-order valence-corrected chi connectivity index (χ2v) is 3.68. The number of nitrogens with one attached hydrogen (secondary N) is 1. The molecule has 17 heavy (non-hydrogen) atoms. The summed E-state index contributed by atoms with van der Waals surface area (Å²) in [5, 5.41) is 37.6. The van der Waals surface area contributed by atoms with Gasteiger partial charge in [-0.25, -0.2) is 0 Å². The number of carbonyl (C=O) groups is 1. The quantitative estimate of drug-likeness (QED) is 0.381. The van der Waals surface area contributed by atoms with E-state index in [0.717, 1.165) is 0 Å². The number of hydrogen-bond acceptors (Lipinski definition) is 7. The lowest BCUT2D eigenvalue weighted by Crippen LogP contribution is -2.32. The van der Waals surface area contributed by atoms with Gasteiger partial charge >= 0.3 is 0 Å². The second kappa shape index (κ2) is 4.37. The van der Waals surface area contributed by atoms with Crippen LogP contribution in [0.1, 0.15) is 22.3 Å². The van der Waals surface area contributed by atoms with Gasteiger partial charge in [0.25, 0.3) is 5.91 Å². The first-order valence-corrected chi connectivity index (χ1v) is 4.89. The van der Waals surface area contributed by atoms with Gasteiger partial charge in [-0.1, -0.05) is 0 Å². The van der Waals surface area contributed by atoms with Gasteiger partial charge in [0.2, 0.25) is 0 Å². The Bertz CT molecular complexity index is 422. The molecule has 2 rings (SSSR count). The smallest absolute Gasteiger partial charge is 0.271 e. The third kappa shape index (κ3) is 1.89. The number of hydrogen-bond donors (Lipinski definition) is 5. The van der Waals surface area contributed by atoms with E-state index < -0.39 is 36.9 Å². The highest BCUT2D eigenvalue weighted by molar-refractivity contribution is 5.91. The SMILES string of the molecule is NC(=O)c1n[nH]nc1C1O[C@@H](CO)[C@H](O)[C@@H]1O. The number of aliphatic hydroxyl groups is 3. The summed E-state index contributed by atoms with van der Waals surface area (Å²) in [5.74, 6) is -0.827. The first-order chi connectivity index (χ1) is 8.06. The fourth-order valence-electron chi connectivity index (χ4n) is 1.74. The van der Waals surface area contributed by atoms with E-state index in [1.807, 2.05) is 0 Å². The van der Waals surface area contributed by atoms with Gasteiger partial charge in [0, 0.05) is 0 Å². The summed E-state index contributed by atoms with van der Waals surface area (Å²) in [5.41, 5.74) is 4.91. The molecule has 1 aromatic heterocycles. The molecule has 0 spiro atoms. The van der Waals surface area contributed by atoms with Crippen molar-refractivity contribution in [2.45, 2.75) is 24.4 Å². The number of aromatic amines is 1. The Balaban J connectivity index is 2.29. The van der Waals surface area contributed by atoms with Gasteiger partial charge in [0.1, 0.15) is 30.1 Å². The molecule has 2 heterocycles. The van der Waals surface area contributed by atoms with Gasteiger partial charge in [-0.05, 0) is 0 Å². The number of primary amides is 1. The third-order valence-electron chi connectivity index (χ3n) is 2.62. The van der Waals surface area contributed by atoms with Gasteiger partial charge < -0.3 is 25.8 Å². The van der Waals surface area contributed by atoms with Crippen LogP contribution < -0.4 is 5.73 Å². The van der Waals surface area contributed by atoms with Crippen LogP contribution >= 0.6 is 0 Å². The Morgan fingerprint density at radius 2 is 2.12 bits per heavy atom. The van der Waals surface area contributed by atoms with Crippen LogP contribution in [0.4, 0.5) is 0 Å². The van der Waals surface area contributed by atoms with Crippen LogP contribution in [0.15, 0.2) is 0 Å². The average molecular weight is 244 g/mol. The van der Waals surface area contributed by atoms with Crippen molar-refractivity contribution in [1.82, 2.24) is 15.4 Å². The van der Waals surface area contributed by atoms with Crippen molar-refractivity contribution in [3.63, 3.8) is 0 Å². The van der Waals surface area contributed by atoms with Crippen molar-refractivity contribution in [3.8, 4) is 0 Å². The van der Waals surface area contributed by atoms with Crippen LogP contribution in [0.2, 0.25) is 0 Å². The molecular formula is C8H12N4O5.